The maximum absolute atomic E-state index is 14.7. The van der Waals surface area contributed by atoms with Gasteiger partial charge >= 0.3 is 0 Å². The molecule has 0 aromatic heterocycles. The van der Waals surface area contributed by atoms with Crippen LogP contribution in [0, 0.1) is 17.7 Å². The molecular weight excluding hydrogens is 331 g/mol. The Morgan fingerprint density at radius 3 is 2.69 bits per heavy atom. The van der Waals surface area contributed by atoms with Crippen molar-refractivity contribution in [2.75, 3.05) is 13.7 Å². The first-order valence-corrected chi connectivity index (χ1v) is 10.0. The summed E-state index contributed by atoms with van der Waals surface area (Å²) in [5.74, 6) is 2.25. The quantitative estimate of drug-likeness (QED) is 0.655. The number of allylic oxidation sites excluding steroid dienone is 1. The molecule has 26 heavy (non-hydrogen) atoms. The lowest BCUT2D eigenvalue weighted by molar-refractivity contribution is 0.0912. The van der Waals surface area contributed by atoms with Crippen LogP contribution in [0.2, 0.25) is 0 Å². The minimum Gasteiger partial charge on any atom is -0.504 e. The van der Waals surface area contributed by atoms with Crippen molar-refractivity contribution in [3.8, 4) is 11.5 Å². The van der Waals surface area contributed by atoms with Crippen molar-refractivity contribution in [3.63, 3.8) is 0 Å². The van der Waals surface area contributed by atoms with E-state index in [9.17, 15) is 4.39 Å². The van der Waals surface area contributed by atoms with E-state index in [1.807, 2.05) is 19.3 Å². The summed E-state index contributed by atoms with van der Waals surface area (Å²) >= 11 is 0. The molecule has 3 aliphatic rings. The minimum atomic E-state index is -0.317. The van der Waals surface area contributed by atoms with Gasteiger partial charge in [0.2, 0.25) is 5.82 Å². The van der Waals surface area contributed by atoms with E-state index in [1.165, 1.54) is 24.8 Å². The highest BCUT2D eigenvalue weighted by Crippen LogP contribution is 2.52. The van der Waals surface area contributed by atoms with Crippen LogP contribution in [0.5, 0.6) is 11.5 Å². The molecule has 1 aromatic carbocycles. The fourth-order valence-corrected chi connectivity index (χ4v) is 5.22. The fourth-order valence-electron chi connectivity index (χ4n) is 5.22. The smallest absolute Gasteiger partial charge is 0.207 e. The Kier molecular flexibility index (Phi) is 5.10. The standard InChI is InChI=1S/C22H29FO3/c1-3-25-19-11-10-18-17-9-8-16(12-20(17)26-22(18)21(19)23)15-6-4-14(5-7-15)13-24-2/h10-11,13,15-17,20H,3-9,12H2,1-2H3/t15?,16-,17+,20-/m1/s1. The van der Waals surface area contributed by atoms with Gasteiger partial charge in [0.15, 0.2) is 11.5 Å². The Bertz CT molecular complexity index is 674. The van der Waals surface area contributed by atoms with Crippen LogP contribution in [-0.4, -0.2) is 19.8 Å². The molecule has 3 nitrogen and oxygen atoms in total. The summed E-state index contributed by atoms with van der Waals surface area (Å²) in [6, 6.07) is 3.77. The second-order valence-electron chi connectivity index (χ2n) is 7.91. The van der Waals surface area contributed by atoms with Crippen LogP contribution in [0.4, 0.5) is 4.39 Å². The van der Waals surface area contributed by atoms with Gasteiger partial charge in [0.25, 0.3) is 0 Å². The van der Waals surface area contributed by atoms with E-state index in [0.717, 1.165) is 37.2 Å². The lowest BCUT2D eigenvalue weighted by Gasteiger charge is -2.37. The summed E-state index contributed by atoms with van der Waals surface area (Å²) in [6.45, 7) is 2.33. The number of hydrogen-bond acceptors (Lipinski definition) is 3. The number of rotatable bonds is 4. The number of halogens is 1. The van der Waals surface area contributed by atoms with E-state index in [-0.39, 0.29) is 11.9 Å². The number of benzene rings is 1. The third kappa shape index (κ3) is 3.19. The molecule has 3 atom stereocenters. The molecule has 2 saturated carbocycles. The van der Waals surface area contributed by atoms with Crippen LogP contribution in [-0.2, 0) is 4.74 Å². The third-order valence-electron chi connectivity index (χ3n) is 6.52. The molecule has 2 aliphatic carbocycles. The third-order valence-corrected chi connectivity index (χ3v) is 6.52. The van der Waals surface area contributed by atoms with Crippen molar-refractivity contribution >= 4 is 0 Å². The maximum Gasteiger partial charge on any atom is 0.207 e. The van der Waals surface area contributed by atoms with Gasteiger partial charge in [-0.3, -0.25) is 0 Å². The van der Waals surface area contributed by atoms with Gasteiger partial charge in [0.1, 0.15) is 6.10 Å². The highest BCUT2D eigenvalue weighted by Gasteiger charge is 2.43. The van der Waals surface area contributed by atoms with E-state index in [0.29, 0.717) is 29.9 Å². The van der Waals surface area contributed by atoms with Gasteiger partial charge in [-0.2, -0.15) is 4.39 Å². The zero-order valence-corrected chi connectivity index (χ0v) is 15.8. The molecule has 0 radical (unpaired) electrons. The maximum atomic E-state index is 14.7. The van der Waals surface area contributed by atoms with Crippen LogP contribution in [0.3, 0.4) is 0 Å². The molecule has 0 spiro atoms. The molecule has 1 aromatic rings. The SMILES string of the molecule is CCOc1ccc2c(c1F)O[C@@H]1C[C@H](C3CCC(=COC)CC3)CC[C@@H]21. The molecule has 142 valence electrons. The van der Waals surface area contributed by atoms with Crippen molar-refractivity contribution in [2.45, 2.75) is 63.9 Å². The summed E-state index contributed by atoms with van der Waals surface area (Å²) in [6.07, 6.45) is 10.2. The summed E-state index contributed by atoms with van der Waals surface area (Å²) in [5, 5.41) is 0. The Labute approximate surface area is 155 Å². The van der Waals surface area contributed by atoms with Gasteiger partial charge in [-0.25, -0.2) is 0 Å². The molecule has 0 bridgehead atoms. The number of ether oxygens (including phenoxy) is 3. The van der Waals surface area contributed by atoms with Crippen LogP contribution < -0.4 is 9.47 Å². The molecule has 4 rings (SSSR count). The summed E-state index contributed by atoms with van der Waals surface area (Å²) in [4.78, 5) is 0. The van der Waals surface area contributed by atoms with Gasteiger partial charge < -0.3 is 14.2 Å². The van der Waals surface area contributed by atoms with Gasteiger partial charge in [-0.05, 0) is 75.3 Å². The van der Waals surface area contributed by atoms with Gasteiger partial charge in [0.05, 0.1) is 20.0 Å². The largest absolute Gasteiger partial charge is 0.504 e. The topological polar surface area (TPSA) is 27.7 Å². The molecule has 1 aliphatic heterocycles. The number of fused-ring (bicyclic) bond motifs is 3. The van der Waals surface area contributed by atoms with Gasteiger partial charge in [0, 0.05) is 11.5 Å². The second-order valence-corrected chi connectivity index (χ2v) is 7.91. The molecule has 4 heteroatoms. The molecular formula is C22H29FO3. The molecule has 0 N–H and O–H groups in total. The predicted octanol–water partition coefficient (Wildman–Crippen LogP) is 5.59. The number of hydrogen-bond donors (Lipinski definition) is 0. The van der Waals surface area contributed by atoms with Crippen molar-refractivity contribution < 1.29 is 18.6 Å². The first-order chi connectivity index (χ1) is 12.7. The predicted molar refractivity (Wildman–Crippen MR) is 99.1 cm³/mol. The Morgan fingerprint density at radius 1 is 1.15 bits per heavy atom. The molecule has 1 heterocycles. The zero-order valence-electron chi connectivity index (χ0n) is 15.8. The molecule has 2 fully saturated rings. The Balaban J connectivity index is 1.43. The molecule has 0 amide bonds. The van der Waals surface area contributed by atoms with Gasteiger partial charge in [-0.15, -0.1) is 0 Å². The molecule has 0 saturated heterocycles. The highest BCUT2D eigenvalue weighted by molar-refractivity contribution is 5.48. The Hall–Kier alpha value is -1.71. The van der Waals surface area contributed by atoms with Crippen molar-refractivity contribution in [1.82, 2.24) is 0 Å². The van der Waals surface area contributed by atoms with E-state index in [4.69, 9.17) is 14.2 Å². The monoisotopic (exact) mass is 360 g/mol. The van der Waals surface area contributed by atoms with E-state index < -0.39 is 0 Å². The van der Waals surface area contributed by atoms with E-state index in [2.05, 4.69) is 0 Å². The average molecular weight is 360 g/mol. The molecule has 0 unspecified atom stereocenters. The number of methoxy groups -OCH3 is 1. The minimum absolute atomic E-state index is 0.131. The van der Waals surface area contributed by atoms with Crippen molar-refractivity contribution in [2.24, 2.45) is 11.8 Å². The lowest BCUT2D eigenvalue weighted by atomic mass is 9.69. The van der Waals surface area contributed by atoms with Crippen molar-refractivity contribution in [1.29, 1.82) is 0 Å². The fraction of sp³-hybridized carbons (Fsp3) is 0.636. The first-order valence-electron chi connectivity index (χ1n) is 10.0. The zero-order chi connectivity index (χ0) is 18.1. The lowest BCUT2D eigenvalue weighted by Crippen LogP contribution is -2.32. The second kappa shape index (κ2) is 7.50. The van der Waals surface area contributed by atoms with E-state index >= 15 is 0 Å². The van der Waals surface area contributed by atoms with Crippen molar-refractivity contribution in [3.05, 3.63) is 35.3 Å². The summed E-state index contributed by atoms with van der Waals surface area (Å²) in [5.41, 5.74) is 2.48. The van der Waals surface area contributed by atoms with Crippen LogP contribution >= 0.6 is 0 Å². The summed E-state index contributed by atoms with van der Waals surface area (Å²) < 4.78 is 31.4. The van der Waals surface area contributed by atoms with Gasteiger partial charge in [-0.1, -0.05) is 6.07 Å². The Morgan fingerprint density at radius 2 is 1.96 bits per heavy atom. The summed E-state index contributed by atoms with van der Waals surface area (Å²) in [7, 11) is 1.73. The van der Waals surface area contributed by atoms with Crippen LogP contribution in [0.1, 0.15) is 63.4 Å². The first kappa shape index (κ1) is 17.7. The highest BCUT2D eigenvalue weighted by atomic mass is 19.1. The van der Waals surface area contributed by atoms with E-state index in [1.54, 1.807) is 13.2 Å². The average Bonchev–Trinajstić information content (AvgIpc) is 3.04. The van der Waals surface area contributed by atoms with Crippen LogP contribution in [0.15, 0.2) is 24.0 Å². The van der Waals surface area contributed by atoms with Crippen LogP contribution in [0.25, 0.3) is 0 Å². The normalized spacial score (nSPS) is 30.2.